The molecular weight excluding hydrogens is 390 g/mol. The first-order valence-corrected chi connectivity index (χ1v) is 10.6. The van der Waals surface area contributed by atoms with E-state index in [1.165, 1.54) is 0 Å². The minimum absolute atomic E-state index is 0.0938. The monoisotopic (exact) mass is 415 g/mol. The van der Waals surface area contributed by atoms with Crippen molar-refractivity contribution in [3.63, 3.8) is 0 Å². The van der Waals surface area contributed by atoms with Gasteiger partial charge in [0, 0.05) is 49.1 Å². The summed E-state index contributed by atoms with van der Waals surface area (Å²) < 4.78 is 5.52. The Balaban J connectivity index is 1.60. The van der Waals surface area contributed by atoms with E-state index < -0.39 is 0 Å². The number of hydrogen-bond donors (Lipinski definition) is 1. The molecule has 2 aromatic carbocycles. The van der Waals surface area contributed by atoms with Crippen LogP contribution >= 0.6 is 0 Å². The topological polar surface area (TPSA) is 70.6 Å². The fourth-order valence-corrected chi connectivity index (χ4v) is 4.17. The Kier molecular flexibility index (Phi) is 5.26. The molecule has 7 heteroatoms. The molecule has 2 aliphatic heterocycles. The Morgan fingerprint density at radius 3 is 2.42 bits per heavy atom. The third kappa shape index (κ3) is 3.72. The molecule has 1 N–H and O–H groups in total. The summed E-state index contributed by atoms with van der Waals surface area (Å²) in [5.41, 5.74) is 4.85. The van der Waals surface area contributed by atoms with E-state index in [-0.39, 0.29) is 5.91 Å². The van der Waals surface area contributed by atoms with Crippen LogP contribution < -0.4 is 15.1 Å². The highest BCUT2D eigenvalue weighted by Crippen LogP contribution is 2.39. The lowest BCUT2D eigenvalue weighted by Crippen LogP contribution is -2.37. The molecule has 3 heterocycles. The fourth-order valence-electron chi connectivity index (χ4n) is 4.17. The lowest BCUT2D eigenvalue weighted by atomic mass is 10.0. The third-order valence-electron chi connectivity index (χ3n) is 5.82. The summed E-state index contributed by atoms with van der Waals surface area (Å²) in [6.45, 7) is 3.78. The number of fused-ring (bicyclic) bond motifs is 1. The summed E-state index contributed by atoms with van der Waals surface area (Å²) in [4.78, 5) is 26.4. The van der Waals surface area contributed by atoms with Crippen LogP contribution in [0.2, 0.25) is 0 Å². The number of morpholine rings is 1. The number of nitrogens with zero attached hydrogens (tertiary/aromatic N) is 4. The van der Waals surface area contributed by atoms with Gasteiger partial charge in [-0.15, -0.1) is 0 Å². The molecular formula is C24H25N5O2. The van der Waals surface area contributed by atoms with Gasteiger partial charge in [-0.3, -0.25) is 4.79 Å². The number of amides is 1. The van der Waals surface area contributed by atoms with Crippen molar-refractivity contribution in [2.24, 2.45) is 0 Å². The summed E-state index contributed by atoms with van der Waals surface area (Å²) >= 11 is 0. The Morgan fingerprint density at radius 1 is 0.968 bits per heavy atom. The van der Waals surface area contributed by atoms with Crippen LogP contribution in [0.4, 0.5) is 17.5 Å². The number of hydrogen-bond acceptors (Lipinski definition) is 6. The van der Waals surface area contributed by atoms with Gasteiger partial charge in [0.05, 0.1) is 18.9 Å². The zero-order chi connectivity index (χ0) is 21.2. The first-order valence-electron chi connectivity index (χ1n) is 10.6. The highest BCUT2D eigenvalue weighted by atomic mass is 16.5. The molecule has 7 nitrogen and oxygen atoms in total. The quantitative estimate of drug-likeness (QED) is 0.706. The van der Waals surface area contributed by atoms with Gasteiger partial charge in [0.2, 0.25) is 5.95 Å². The standard InChI is InChI=1S/C24H25N5O2/c1-25-23(30)18-9-7-17(8-10-18)21-20-11-12-29(19-5-3-2-4-6-19)22(20)27-24(26-21)28-13-15-31-16-14-28/h2-10H,11-16H2,1H3,(H,25,30). The second-order valence-corrected chi connectivity index (χ2v) is 7.67. The summed E-state index contributed by atoms with van der Waals surface area (Å²) in [7, 11) is 1.64. The molecule has 1 aromatic heterocycles. The van der Waals surface area contributed by atoms with Crippen molar-refractivity contribution in [3.05, 3.63) is 65.7 Å². The van der Waals surface area contributed by atoms with Gasteiger partial charge in [0.15, 0.2) is 0 Å². The lowest BCUT2D eigenvalue weighted by molar-refractivity contribution is 0.0963. The maximum absolute atomic E-state index is 11.9. The number of ether oxygens (including phenoxy) is 1. The van der Waals surface area contributed by atoms with E-state index in [0.29, 0.717) is 18.8 Å². The van der Waals surface area contributed by atoms with Crippen LogP contribution in [0.25, 0.3) is 11.3 Å². The summed E-state index contributed by atoms with van der Waals surface area (Å²) in [6.07, 6.45) is 0.875. The van der Waals surface area contributed by atoms with Gasteiger partial charge in [-0.05, 0) is 30.7 Å². The highest BCUT2D eigenvalue weighted by Gasteiger charge is 2.29. The molecule has 2 aliphatic rings. The number of benzene rings is 2. The van der Waals surface area contributed by atoms with Crippen LogP contribution in [0.1, 0.15) is 15.9 Å². The average Bonchev–Trinajstić information content (AvgIpc) is 3.28. The SMILES string of the molecule is CNC(=O)c1ccc(-c2nc(N3CCOCC3)nc3c2CCN3c2ccccc2)cc1. The van der Waals surface area contributed by atoms with E-state index in [1.54, 1.807) is 7.05 Å². The number of nitrogens with one attached hydrogen (secondary N) is 1. The highest BCUT2D eigenvalue weighted by molar-refractivity contribution is 5.94. The van der Waals surface area contributed by atoms with Crippen LogP contribution in [0.5, 0.6) is 0 Å². The van der Waals surface area contributed by atoms with Gasteiger partial charge in [-0.1, -0.05) is 30.3 Å². The maximum Gasteiger partial charge on any atom is 0.251 e. The number of carbonyl (C=O) groups is 1. The summed E-state index contributed by atoms with van der Waals surface area (Å²) in [6, 6.07) is 18.0. The van der Waals surface area contributed by atoms with Gasteiger partial charge >= 0.3 is 0 Å². The number of rotatable bonds is 4. The van der Waals surface area contributed by atoms with Gasteiger partial charge in [-0.2, -0.15) is 4.98 Å². The Bertz CT molecular complexity index is 1080. The zero-order valence-electron chi connectivity index (χ0n) is 17.5. The Morgan fingerprint density at radius 2 is 1.71 bits per heavy atom. The predicted molar refractivity (Wildman–Crippen MR) is 121 cm³/mol. The fraction of sp³-hybridized carbons (Fsp3) is 0.292. The summed E-state index contributed by atoms with van der Waals surface area (Å²) in [5, 5.41) is 2.67. The normalized spacial score (nSPS) is 15.6. The second-order valence-electron chi connectivity index (χ2n) is 7.67. The molecule has 0 aliphatic carbocycles. The number of aromatic nitrogens is 2. The van der Waals surface area contributed by atoms with E-state index in [4.69, 9.17) is 14.7 Å². The van der Waals surface area contributed by atoms with Crippen molar-refractivity contribution in [2.45, 2.75) is 6.42 Å². The van der Waals surface area contributed by atoms with Crippen LogP contribution in [-0.2, 0) is 11.2 Å². The smallest absolute Gasteiger partial charge is 0.251 e. The number of carbonyl (C=O) groups excluding carboxylic acids is 1. The molecule has 31 heavy (non-hydrogen) atoms. The van der Waals surface area contributed by atoms with E-state index >= 15 is 0 Å². The zero-order valence-corrected chi connectivity index (χ0v) is 17.5. The van der Waals surface area contributed by atoms with Crippen LogP contribution in [0.15, 0.2) is 54.6 Å². The number of para-hydroxylation sites is 1. The van der Waals surface area contributed by atoms with Crippen LogP contribution in [-0.4, -0.2) is 55.8 Å². The Hall–Kier alpha value is -3.45. The molecule has 158 valence electrons. The molecule has 1 fully saturated rings. The first-order chi connectivity index (χ1) is 15.2. The molecule has 0 saturated carbocycles. The van der Waals surface area contributed by atoms with Crippen LogP contribution in [0, 0.1) is 0 Å². The minimum atomic E-state index is -0.0938. The van der Waals surface area contributed by atoms with Gasteiger partial charge in [0.25, 0.3) is 5.91 Å². The van der Waals surface area contributed by atoms with Crippen molar-refractivity contribution in [2.75, 3.05) is 49.7 Å². The number of anilines is 3. The van der Waals surface area contributed by atoms with Crippen molar-refractivity contribution in [1.82, 2.24) is 15.3 Å². The predicted octanol–water partition coefficient (Wildman–Crippen LogP) is 3.03. The molecule has 0 unspecified atom stereocenters. The lowest BCUT2D eigenvalue weighted by Gasteiger charge is -2.28. The summed E-state index contributed by atoms with van der Waals surface area (Å²) in [5.74, 6) is 1.60. The van der Waals surface area contributed by atoms with Gasteiger partial charge in [0.1, 0.15) is 5.82 Å². The molecule has 1 saturated heterocycles. The molecule has 0 spiro atoms. The van der Waals surface area contributed by atoms with E-state index in [2.05, 4.69) is 39.4 Å². The van der Waals surface area contributed by atoms with Crippen molar-refractivity contribution >= 4 is 23.4 Å². The van der Waals surface area contributed by atoms with Gasteiger partial charge in [-0.25, -0.2) is 4.98 Å². The molecule has 0 atom stereocenters. The van der Waals surface area contributed by atoms with Crippen LogP contribution in [0.3, 0.4) is 0 Å². The van der Waals surface area contributed by atoms with E-state index in [0.717, 1.165) is 60.3 Å². The van der Waals surface area contributed by atoms with E-state index in [1.807, 2.05) is 30.3 Å². The Labute approximate surface area is 181 Å². The van der Waals surface area contributed by atoms with Crippen molar-refractivity contribution in [1.29, 1.82) is 0 Å². The average molecular weight is 415 g/mol. The van der Waals surface area contributed by atoms with Crippen molar-refractivity contribution < 1.29 is 9.53 Å². The maximum atomic E-state index is 11.9. The largest absolute Gasteiger partial charge is 0.378 e. The van der Waals surface area contributed by atoms with Gasteiger partial charge < -0.3 is 19.9 Å². The second kappa shape index (κ2) is 8.35. The van der Waals surface area contributed by atoms with Crippen molar-refractivity contribution in [3.8, 4) is 11.3 Å². The molecule has 0 bridgehead atoms. The minimum Gasteiger partial charge on any atom is -0.378 e. The molecule has 1 amide bonds. The third-order valence-corrected chi connectivity index (χ3v) is 5.82. The van der Waals surface area contributed by atoms with E-state index in [9.17, 15) is 4.79 Å². The molecule has 5 rings (SSSR count). The molecule has 3 aromatic rings. The first kappa shape index (κ1) is 19.5. The molecule has 0 radical (unpaired) electrons.